The summed E-state index contributed by atoms with van der Waals surface area (Å²) < 4.78 is 0. The highest BCUT2D eigenvalue weighted by atomic mass is 35.5. The summed E-state index contributed by atoms with van der Waals surface area (Å²) in [5.41, 5.74) is 0.199. The number of hydrogen-bond donors (Lipinski definition) is 3. The molecule has 0 amide bonds. The Bertz CT molecular complexity index is 386. The van der Waals surface area contributed by atoms with E-state index in [0.29, 0.717) is 5.02 Å². The van der Waals surface area contributed by atoms with Crippen molar-refractivity contribution in [3.8, 4) is 0 Å². The molecular weight excluding hydrogens is 280 g/mol. The zero-order chi connectivity index (χ0) is 15.5. The van der Waals surface area contributed by atoms with Crippen LogP contribution in [0.15, 0.2) is 18.3 Å². The predicted molar refractivity (Wildman–Crippen MR) is 80.0 cm³/mol. The zero-order valence-electron chi connectivity index (χ0n) is 11.8. The molecule has 1 aromatic rings. The van der Waals surface area contributed by atoms with Crippen molar-refractivity contribution >= 4 is 30.3 Å². The van der Waals surface area contributed by atoms with E-state index >= 15 is 0 Å². The highest BCUT2D eigenvalue weighted by molar-refractivity contribution is 6.57. The number of rotatable bonds is 6. The van der Waals surface area contributed by atoms with E-state index in [0.717, 1.165) is 25.7 Å². The van der Waals surface area contributed by atoms with Gasteiger partial charge in [-0.15, -0.1) is 0 Å². The Morgan fingerprint density at radius 3 is 2.45 bits per heavy atom. The Kier molecular flexibility index (Phi) is 10.1. The smallest absolute Gasteiger partial charge is 0.481 e. The molecule has 0 radical (unpaired) electrons. The second-order valence-corrected chi connectivity index (χ2v) is 4.95. The van der Waals surface area contributed by atoms with Crippen LogP contribution in [0.2, 0.25) is 5.02 Å². The third-order valence-electron chi connectivity index (χ3n) is 2.68. The molecule has 0 fully saturated rings. The van der Waals surface area contributed by atoms with Crippen LogP contribution in [0.4, 0.5) is 0 Å². The number of carbonyl (C=O) groups is 1. The molecule has 1 atom stereocenters. The Labute approximate surface area is 124 Å². The molecule has 20 heavy (non-hydrogen) atoms. The van der Waals surface area contributed by atoms with Crippen LogP contribution in [0.1, 0.15) is 39.5 Å². The number of pyridine rings is 1. The first-order chi connectivity index (χ1) is 9.38. The molecule has 5 nitrogen and oxygen atoms in total. The quantitative estimate of drug-likeness (QED) is 0.549. The molecule has 0 aliphatic heterocycles. The summed E-state index contributed by atoms with van der Waals surface area (Å²) >= 11 is 5.49. The van der Waals surface area contributed by atoms with E-state index in [1.165, 1.54) is 12.3 Å². The van der Waals surface area contributed by atoms with E-state index in [4.69, 9.17) is 26.8 Å². The maximum absolute atomic E-state index is 10.3. The van der Waals surface area contributed by atoms with Crippen molar-refractivity contribution in [2.24, 2.45) is 5.92 Å². The fourth-order valence-corrected chi connectivity index (χ4v) is 1.48. The average Bonchev–Trinajstić information content (AvgIpc) is 2.40. The monoisotopic (exact) mass is 301 g/mol. The fourth-order valence-electron chi connectivity index (χ4n) is 1.36. The highest BCUT2D eigenvalue weighted by Gasteiger charge is 2.11. The van der Waals surface area contributed by atoms with Crippen molar-refractivity contribution < 1.29 is 19.9 Å². The molecule has 0 bridgehead atoms. The van der Waals surface area contributed by atoms with Gasteiger partial charge in [0.1, 0.15) is 0 Å². The molecule has 1 unspecified atom stereocenters. The molecule has 0 saturated carbocycles. The van der Waals surface area contributed by atoms with Crippen molar-refractivity contribution in [2.45, 2.75) is 39.5 Å². The molecule has 0 saturated heterocycles. The second-order valence-electron chi connectivity index (χ2n) is 4.51. The standard InChI is InChI=1S/C8H16O2.C5H5BClNO2/c1-3-4-5-6-7(2)8(9)10;7-4-1-2-5(6(9)10)8-3-4/h7H,3-6H2,1-2H3,(H,9,10);1-3,9-10H. The summed E-state index contributed by atoms with van der Waals surface area (Å²) in [6.07, 6.45) is 5.54. The molecule has 0 aliphatic carbocycles. The summed E-state index contributed by atoms with van der Waals surface area (Å²) in [4.78, 5) is 13.9. The minimum atomic E-state index is -1.52. The third-order valence-corrected chi connectivity index (χ3v) is 2.90. The van der Waals surface area contributed by atoms with Crippen LogP contribution in [0, 0.1) is 5.92 Å². The summed E-state index contributed by atoms with van der Waals surface area (Å²) in [5.74, 6) is -0.831. The lowest BCUT2D eigenvalue weighted by molar-refractivity contribution is -0.141. The maximum atomic E-state index is 10.3. The first-order valence-electron chi connectivity index (χ1n) is 6.58. The van der Waals surface area contributed by atoms with Gasteiger partial charge in [-0.3, -0.25) is 9.78 Å². The van der Waals surface area contributed by atoms with E-state index in [9.17, 15) is 4.79 Å². The van der Waals surface area contributed by atoms with Gasteiger partial charge in [0, 0.05) is 6.20 Å². The molecule has 112 valence electrons. The van der Waals surface area contributed by atoms with Gasteiger partial charge in [-0.25, -0.2) is 0 Å². The maximum Gasteiger partial charge on any atom is 0.508 e. The first-order valence-corrected chi connectivity index (χ1v) is 6.96. The molecule has 1 rings (SSSR count). The van der Waals surface area contributed by atoms with E-state index in [1.54, 1.807) is 13.0 Å². The molecule has 0 spiro atoms. The molecule has 1 aromatic heterocycles. The topological polar surface area (TPSA) is 90.7 Å². The number of hydrogen-bond acceptors (Lipinski definition) is 4. The van der Waals surface area contributed by atoms with Crippen LogP contribution in [-0.4, -0.2) is 33.2 Å². The minimum absolute atomic E-state index is 0.161. The Morgan fingerprint density at radius 1 is 1.40 bits per heavy atom. The van der Waals surface area contributed by atoms with Gasteiger partial charge in [-0.2, -0.15) is 0 Å². The Morgan fingerprint density at radius 2 is 2.05 bits per heavy atom. The van der Waals surface area contributed by atoms with Gasteiger partial charge in [0.15, 0.2) is 0 Å². The second kappa shape index (κ2) is 10.7. The summed E-state index contributed by atoms with van der Waals surface area (Å²) in [5, 5.41) is 26.1. The molecule has 1 heterocycles. The molecule has 3 N–H and O–H groups in total. The van der Waals surface area contributed by atoms with Crippen molar-refractivity contribution in [1.29, 1.82) is 0 Å². The number of nitrogens with zero attached hydrogens (tertiary/aromatic N) is 1. The van der Waals surface area contributed by atoms with Crippen LogP contribution < -0.4 is 5.59 Å². The van der Waals surface area contributed by atoms with Gasteiger partial charge in [0.2, 0.25) is 0 Å². The summed E-state index contributed by atoms with van der Waals surface area (Å²) in [7, 11) is -1.52. The van der Waals surface area contributed by atoms with Gasteiger partial charge >= 0.3 is 13.1 Å². The van der Waals surface area contributed by atoms with Crippen molar-refractivity contribution in [1.82, 2.24) is 4.98 Å². The molecule has 7 heteroatoms. The number of carboxylic acid groups (broad SMARTS) is 1. The first kappa shape index (κ1) is 18.9. The Balaban J connectivity index is 0.000000361. The van der Waals surface area contributed by atoms with Gasteiger partial charge in [-0.1, -0.05) is 44.7 Å². The van der Waals surface area contributed by atoms with Gasteiger partial charge in [0.05, 0.1) is 16.5 Å². The lowest BCUT2D eigenvalue weighted by Gasteiger charge is -2.03. The van der Waals surface area contributed by atoms with E-state index in [-0.39, 0.29) is 11.5 Å². The fraction of sp³-hybridized carbons (Fsp3) is 0.538. The van der Waals surface area contributed by atoms with Crippen LogP contribution >= 0.6 is 11.6 Å². The SMILES string of the molecule is CCCCCC(C)C(=O)O.OB(O)c1ccc(Cl)cn1. The van der Waals surface area contributed by atoms with Crippen molar-refractivity contribution in [3.05, 3.63) is 23.4 Å². The number of aliphatic carboxylic acids is 1. The third kappa shape index (κ3) is 8.90. The Hall–Kier alpha value is -1.11. The summed E-state index contributed by atoms with van der Waals surface area (Å²) in [6.45, 7) is 3.88. The number of halogens is 1. The normalized spacial score (nSPS) is 11.2. The largest absolute Gasteiger partial charge is 0.508 e. The zero-order valence-corrected chi connectivity index (χ0v) is 12.5. The van der Waals surface area contributed by atoms with Crippen LogP contribution in [0.3, 0.4) is 0 Å². The van der Waals surface area contributed by atoms with E-state index in [1.807, 2.05) is 0 Å². The minimum Gasteiger partial charge on any atom is -0.481 e. The molecular formula is C13H21BClNO4. The number of unbranched alkanes of at least 4 members (excludes halogenated alkanes) is 2. The van der Waals surface area contributed by atoms with Crippen LogP contribution in [0.25, 0.3) is 0 Å². The van der Waals surface area contributed by atoms with E-state index < -0.39 is 13.1 Å². The lowest BCUT2D eigenvalue weighted by Crippen LogP contribution is -2.32. The van der Waals surface area contributed by atoms with Gasteiger partial charge in [0.25, 0.3) is 0 Å². The lowest BCUT2D eigenvalue weighted by atomic mass is 9.86. The van der Waals surface area contributed by atoms with Crippen molar-refractivity contribution in [3.63, 3.8) is 0 Å². The summed E-state index contributed by atoms with van der Waals surface area (Å²) in [6, 6.07) is 3.00. The van der Waals surface area contributed by atoms with Crippen molar-refractivity contribution in [2.75, 3.05) is 0 Å². The highest BCUT2D eigenvalue weighted by Crippen LogP contribution is 2.08. The van der Waals surface area contributed by atoms with Crippen LogP contribution in [0.5, 0.6) is 0 Å². The van der Waals surface area contributed by atoms with Gasteiger partial charge < -0.3 is 15.2 Å². The van der Waals surface area contributed by atoms with E-state index in [2.05, 4.69) is 11.9 Å². The van der Waals surface area contributed by atoms with Crippen LogP contribution in [-0.2, 0) is 4.79 Å². The number of aromatic nitrogens is 1. The molecule has 0 aliphatic rings. The van der Waals surface area contributed by atoms with Gasteiger partial charge in [-0.05, 0) is 18.6 Å². The predicted octanol–water partition coefficient (Wildman–Crippen LogP) is 1.70. The number of carboxylic acids is 1. The average molecular weight is 302 g/mol. The molecule has 0 aromatic carbocycles.